The van der Waals surface area contributed by atoms with Crippen molar-refractivity contribution in [2.24, 2.45) is 5.92 Å². The lowest BCUT2D eigenvalue weighted by Crippen LogP contribution is -2.55. The van der Waals surface area contributed by atoms with Crippen LogP contribution in [0.15, 0.2) is 30.3 Å². The lowest BCUT2D eigenvalue weighted by atomic mass is 9.79. The molecular formula is C21H31NO2. The van der Waals surface area contributed by atoms with Crippen molar-refractivity contribution < 1.29 is 9.84 Å². The van der Waals surface area contributed by atoms with E-state index in [0.717, 1.165) is 37.8 Å². The van der Waals surface area contributed by atoms with Gasteiger partial charge in [-0.15, -0.1) is 0 Å². The summed E-state index contributed by atoms with van der Waals surface area (Å²) in [6, 6.07) is 10.3. The van der Waals surface area contributed by atoms with E-state index in [1.165, 1.54) is 38.8 Å². The van der Waals surface area contributed by atoms with E-state index < -0.39 is 5.60 Å². The Kier molecular flexibility index (Phi) is 4.68. The maximum absolute atomic E-state index is 11.7. The van der Waals surface area contributed by atoms with Crippen LogP contribution in [-0.4, -0.2) is 41.8 Å². The molecule has 1 unspecified atom stereocenters. The Morgan fingerprint density at radius 2 is 1.71 bits per heavy atom. The average molecular weight is 329 g/mol. The summed E-state index contributed by atoms with van der Waals surface area (Å²) in [5, 5.41) is 11.7. The summed E-state index contributed by atoms with van der Waals surface area (Å²) in [6.45, 7) is 3.95. The number of hydrogen-bond donors (Lipinski definition) is 1. The number of hydrogen-bond acceptors (Lipinski definition) is 3. The van der Waals surface area contributed by atoms with Gasteiger partial charge in [0.25, 0.3) is 0 Å². The van der Waals surface area contributed by atoms with Gasteiger partial charge < -0.3 is 14.7 Å². The maximum atomic E-state index is 11.7. The average Bonchev–Trinajstić information content (AvgIpc) is 3.16. The Balaban J connectivity index is 1.54. The number of aliphatic hydroxyl groups is 1. The number of fused-ring (bicyclic) bond motifs is 2. The number of benzene rings is 1. The van der Waals surface area contributed by atoms with E-state index in [4.69, 9.17) is 4.74 Å². The molecule has 2 aliphatic heterocycles. The second-order valence-corrected chi connectivity index (χ2v) is 8.23. The molecule has 2 heterocycles. The van der Waals surface area contributed by atoms with Crippen LogP contribution in [0, 0.1) is 5.92 Å². The number of piperidine rings is 2. The van der Waals surface area contributed by atoms with Crippen molar-refractivity contribution in [3.05, 3.63) is 35.9 Å². The van der Waals surface area contributed by atoms with Gasteiger partial charge in [-0.2, -0.15) is 0 Å². The Morgan fingerprint density at radius 1 is 1.04 bits per heavy atom. The third kappa shape index (κ3) is 3.14. The third-order valence-corrected chi connectivity index (χ3v) is 6.63. The van der Waals surface area contributed by atoms with Crippen molar-refractivity contribution >= 4 is 0 Å². The van der Waals surface area contributed by atoms with Gasteiger partial charge in [-0.25, -0.2) is 0 Å². The molecule has 132 valence electrons. The first-order chi connectivity index (χ1) is 11.7. The van der Waals surface area contributed by atoms with E-state index in [0.29, 0.717) is 12.5 Å². The zero-order valence-corrected chi connectivity index (χ0v) is 14.8. The molecule has 0 aromatic heterocycles. The molecule has 1 saturated carbocycles. The second-order valence-electron chi connectivity index (χ2n) is 8.23. The summed E-state index contributed by atoms with van der Waals surface area (Å²) in [5.41, 5.74) is 0.196. The highest BCUT2D eigenvalue weighted by Crippen LogP contribution is 2.43. The normalized spacial score (nSPS) is 33.3. The van der Waals surface area contributed by atoms with Crippen LogP contribution < -0.4 is 0 Å². The van der Waals surface area contributed by atoms with Crippen molar-refractivity contribution in [2.45, 2.75) is 62.6 Å². The summed E-state index contributed by atoms with van der Waals surface area (Å²) < 4.78 is 6.58. The summed E-state index contributed by atoms with van der Waals surface area (Å²) in [7, 11) is 0. The van der Waals surface area contributed by atoms with Crippen molar-refractivity contribution in [2.75, 3.05) is 26.2 Å². The molecule has 3 nitrogen and oxygen atoms in total. The lowest BCUT2D eigenvalue weighted by Gasteiger charge is -2.48. The minimum absolute atomic E-state index is 0.0160. The fourth-order valence-electron chi connectivity index (χ4n) is 5.23. The Labute approximate surface area is 146 Å². The van der Waals surface area contributed by atoms with Gasteiger partial charge in [-0.3, -0.25) is 0 Å². The van der Waals surface area contributed by atoms with Crippen LogP contribution in [0.2, 0.25) is 0 Å². The molecule has 3 fully saturated rings. The molecule has 1 aromatic carbocycles. The molecule has 3 heteroatoms. The van der Waals surface area contributed by atoms with Gasteiger partial charge >= 0.3 is 0 Å². The molecule has 1 N–H and O–H groups in total. The van der Waals surface area contributed by atoms with Gasteiger partial charge in [0.15, 0.2) is 0 Å². The van der Waals surface area contributed by atoms with Gasteiger partial charge in [0.05, 0.1) is 12.2 Å². The number of rotatable bonds is 5. The van der Waals surface area contributed by atoms with Crippen LogP contribution in [0.3, 0.4) is 0 Å². The van der Waals surface area contributed by atoms with Crippen molar-refractivity contribution in [1.82, 2.24) is 4.90 Å². The quantitative estimate of drug-likeness (QED) is 0.894. The van der Waals surface area contributed by atoms with Crippen molar-refractivity contribution in [1.29, 1.82) is 0 Å². The van der Waals surface area contributed by atoms with E-state index >= 15 is 0 Å². The van der Waals surface area contributed by atoms with Crippen LogP contribution in [-0.2, 0) is 10.3 Å². The molecule has 1 aliphatic carbocycles. The summed E-state index contributed by atoms with van der Waals surface area (Å²) >= 11 is 0. The predicted octanol–water partition coefficient (Wildman–Crippen LogP) is 3.71. The minimum Gasteiger partial charge on any atom is -0.382 e. The van der Waals surface area contributed by atoms with E-state index in [1.54, 1.807) is 0 Å². The molecule has 2 saturated heterocycles. The highest BCUT2D eigenvalue weighted by atomic mass is 16.5. The summed E-state index contributed by atoms with van der Waals surface area (Å²) in [5.74, 6) is 0.333. The predicted molar refractivity (Wildman–Crippen MR) is 95.9 cm³/mol. The van der Waals surface area contributed by atoms with Gasteiger partial charge in [0.2, 0.25) is 0 Å². The topological polar surface area (TPSA) is 32.7 Å². The molecule has 0 amide bonds. The standard InChI is InChI=1S/C21H31NO2/c23-21(19-10-4-5-11-19,18-8-2-1-3-9-18)17-24-20-12-6-14-22(16-20)15-7-13-20/h1-3,8-9,19,23H,4-7,10-17H2. The first-order valence-electron chi connectivity index (χ1n) is 9.85. The molecular weight excluding hydrogens is 298 g/mol. The van der Waals surface area contributed by atoms with Gasteiger partial charge in [-0.1, -0.05) is 43.2 Å². The Bertz CT molecular complexity index is 530. The van der Waals surface area contributed by atoms with Crippen LogP contribution in [0.4, 0.5) is 0 Å². The highest BCUT2D eigenvalue weighted by Gasteiger charge is 2.45. The smallest absolute Gasteiger partial charge is 0.116 e. The van der Waals surface area contributed by atoms with Crippen molar-refractivity contribution in [3.8, 4) is 0 Å². The zero-order chi connectivity index (χ0) is 16.5. The summed E-state index contributed by atoms with van der Waals surface area (Å²) in [6.07, 6.45) is 9.47. The number of ether oxygens (including phenoxy) is 1. The van der Waals surface area contributed by atoms with E-state index in [2.05, 4.69) is 17.0 Å². The molecule has 4 rings (SSSR count). The number of nitrogens with zero attached hydrogens (tertiary/aromatic N) is 1. The molecule has 3 aliphatic rings. The second kappa shape index (κ2) is 6.78. The molecule has 0 radical (unpaired) electrons. The van der Waals surface area contributed by atoms with E-state index in [-0.39, 0.29) is 5.60 Å². The van der Waals surface area contributed by atoms with E-state index in [9.17, 15) is 5.11 Å². The van der Waals surface area contributed by atoms with Gasteiger partial charge in [0, 0.05) is 6.54 Å². The first-order valence-corrected chi connectivity index (χ1v) is 9.85. The van der Waals surface area contributed by atoms with E-state index in [1.807, 2.05) is 18.2 Å². The van der Waals surface area contributed by atoms with Crippen LogP contribution in [0.25, 0.3) is 0 Å². The van der Waals surface area contributed by atoms with Crippen LogP contribution in [0.1, 0.15) is 56.9 Å². The molecule has 1 aromatic rings. The molecule has 24 heavy (non-hydrogen) atoms. The summed E-state index contributed by atoms with van der Waals surface area (Å²) in [4.78, 5) is 2.55. The fraction of sp³-hybridized carbons (Fsp3) is 0.714. The van der Waals surface area contributed by atoms with Crippen LogP contribution >= 0.6 is 0 Å². The van der Waals surface area contributed by atoms with Gasteiger partial charge in [-0.05, 0) is 63.1 Å². The Morgan fingerprint density at radius 3 is 2.38 bits per heavy atom. The van der Waals surface area contributed by atoms with Crippen LogP contribution in [0.5, 0.6) is 0 Å². The van der Waals surface area contributed by atoms with Gasteiger partial charge in [0.1, 0.15) is 5.60 Å². The zero-order valence-electron chi connectivity index (χ0n) is 14.8. The van der Waals surface area contributed by atoms with Crippen molar-refractivity contribution in [3.63, 3.8) is 0 Å². The first kappa shape index (κ1) is 16.6. The molecule has 2 bridgehead atoms. The fourth-order valence-corrected chi connectivity index (χ4v) is 5.23. The maximum Gasteiger partial charge on any atom is 0.116 e. The highest BCUT2D eigenvalue weighted by molar-refractivity contribution is 5.24. The third-order valence-electron chi connectivity index (χ3n) is 6.63. The molecule has 1 atom stereocenters. The largest absolute Gasteiger partial charge is 0.382 e. The Hall–Kier alpha value is -0.900. The monoisotopic (exact) mass is 329 g/mol. The minimum atomic E-state index is -0.827. The lowest BCUT2D eigenvalue weighted by molar-refractivity contribution is -0.174. The molecule has 0 spiro atoms. The SMILES string of the molecule is OC(COC12CCCN(CCC1)C2)(c1ccccc1)C1CCCC1.